The zero-order valence-electron chi connectivity index (χ0n) is 10.3. The van der Waals surface area contributed by atoms with E-state index in [2.05, 4.69) is 53.8 Å². The Kier molecular flexibility index (Phi) is 4.10. The average molecular weight is 308 g/mol. The number of benzene rings is 1. The van der Waals surface area contributed by atoms with Gasteiger partial charge in [0.15, 0.2) is 0 Å². The molecular formula is C13H19NSn. The first-order chi connectivity index (χ1) is 6.88. The third-order valence-corrected chi connectivity index (χ3v) is 4.46. The number of rotatable bonds is 1. The van der Waals surface area contributed by atoms with Crippen molar-refractivity contribution >= 4 is 24.1 Å². The van der Waals surface area contributed by atoms with Crippen LogP contribution in [0.4, 0.5) is 5.69 Å². The van der Waals surface area contributed by atoms with Crippen LogP contribution >= 0.6 is 0 Å². The van der Waals surface area contributed by atoms with Crippen molar-refractivity contribution in [2.45, 2.75) is 14.8 Å². The molecule has 0 radical (unpaired) electrons. The maximum atomic E-state index is 3.43. The third kappa shape index (κ3) is 4.61. The molecule has 80 valence electrons. The number of hydrogen-bond acceptors (Lipinski definition) is 1. The van der Waals surface area contributed by atoms with E-state index in [1.165, 1.54) is 5.69 Å². The molecule has 0 saturated carbocycles. The molecule has 0 N–H and O–H groups in total. The molecule has 15 heavy (non-hydrogen) atoms. The van der Waals surface area contributed by atoms with Crippen molar-refractivity contribution in [3.63, 3.8) is 0 Å². The Morgan fingerprint density at radius 3 is 1.93 bits per heavy atom. The molecule has 1 aromatic rings. The monoisotopic (exact) mass is 309 g/mol. The average Bonchev–Trinajstić information content (AvgIpc) is 2.14. The molecule has 0 aliphatic carbocycles. The van der Waals surface area contributed by atoms with E-state index in [9.17, 15) is 0 Å². The molecule has 0 fully saturated rings. The molecule has 1 aromatic carbocycles. The van der Waals surface area contributed by atoms with Crippen LogP contribution in [-0.2, 0) is 0 Å². The van der Waals surface area contributed by atoms with Crippen LogP contribution in [0, 0.1) is 9.86 Å². The summed E-state index contributed by atoms with van der Waals surface area (Å²) in [5.74, 6) is 3.28. The van der Waals surface area contributed by atoms with Crippen molar-refractivity contribution in [2.75, 3.05) is 19.0 Å². The fraction of sp³-hybridized carbons (Fsp3) is 0.385. The normalized spacial score (nSPS) is 10.5. The van der Waals surface area contributed by atoms with Gasteiger partial charge in [0.1, 0.15) is 0 Å². The van der Waals surface area contributed by atoms with Gasteiger partial charge in [0.05, 0.1) is 0 Å². The molecule has 0 bridgehead atoms. The van der Waals surface area contributed by atoms with E-state index in [1.807, 2.05) is 14.1 Å². The van der Waals surface area contributed by atoms with Gasteiger partial charge in [-0.2, -0.15) is 0 Å². The molecular weight excluding hydrogens is 289 g/mol. The molecule has 2 heteroatoms. The summed E-state index contributed by atoms with van der Waals surface area (Å²) >= 11 is -1.92. The van der Waals surface area contributed by atoms with Crippen molar-refractivity contribution in [1.82, 2.24) is 0 Å². The second-order valence-corrected chi connectivity index (χ2v) is 18.5. The summed E-state index contributed by atoms with van der Waals surface area (Å²) in [7, 11) is 4.10. The molecule has 0 atom stereocenters. The second-order valence-electron chi connectivity index (χ2n) is 4.94. The van der Waals surface area contributed by atoms with Crippen molar-refractivity contribution in [3.05, 3.63) is 29.8 Å². The predicted octanol–water partition coefficient (Wildman–Crippen LogP) is 2.98. The zero-order chi connectivity index (χ0) is 11.5. The molecule has 0 heterocycles. The number of anilines is 1. The summed E-state index contributed by atoms with van der Waals surface area (Å²) in [4.78, 5) is 9.09. The van der Waals surface area contributed by atoms with Gasteiger partial charge in [0.25, 0.3) is 0 Å². The molecule has 1 rings (SSSR count). The molecule has 0 saturated heterocycles. The minimum absolute atomic E-state index is 1.13. The summed E-state index contributed by atoms with van der Waals surface area (Å²) in [5, 5.41) is 0. The quantitative estimate of drug-likeness (QED) is 0.569. The molecule has 0 unspecified atom stereocenters. The van der Waals surface area contributed by atoms with Gasteiger partial charge in [-0.3, -0.25) is 0 Å². The van der Waals surface area contributed by atoms with Gasteiger partial charge >= 0.3 is 97.6 Å². The molecule has 1 nitrogen and oxygen atoms in total. The van der Waals surface area contributed by atoms with Gasteiger partial charge in [-0.25, -0.2) is 0 Å². The van der Waals surface area contributed by atoms with E-state index in [0.717, 1.165) is 5.56 Å². The second kappa shape index (κ2) is 4.94. The van der Waals surface area contributed by atoms with Gasteiger partial charge < -0.3 is 0 Å². The summed E-state index contributed by atoms with van der Waals surface area (Å²) in [6, 6.07) is 8.42. The number of hydrogen-bond donors (Lipinski definition) is 0. The van der Waals surface area contributed by atoms with Crippen LogP contribution in [0.2, 0.25) is 14.8 Å². The molecule has 0 spiro atoms. The first-order valence-corrected chi connectivity index (χ1v) is 15.2. The van der Waals surface area contributed by atoms with Crippen LogP contribution in [0.5, 0.6) is 0 Å². The minimum atomic E-state index is -1.92. The fourth-order valence-electron chi connectivity index (χ4n) is 1.10. The van der Waals surface area contributed by atoms with Crippen LogP contribution in [0.1, 0.15) is 5.56 Å². The Bertz CT molecular complexity index is 374. The van der Waals surface area contributed by atoms with Crippen LogP contribution in [0.25, 0.3) is 0 Å². The number of nitrogens with zero attached hydrogens (tertiary/aromatic N) is 1. The Morgan fingerprint density at radius 2 is 1.53 bits per heavy atom. The molecule has 0 aliphatic heterocycles. The summed E-state index contributed by atoms with van der Waals surface area (Å²) in [6.45, 7) is 0. The van der Waals surface area contributed by atoms with Crippen LogP contribution in [-0.4, -0.2) is 32.5 Å². The summed E-state index contributed by atoms with van der Waals surface area (Å²) in [5.41, 5.74) is 2.35. The Labute approximate surface area is 97.4 Å². The Balaban J connectivity index is 2.85. The standard InChI is InChI=1S/C10H10N.3CH3.Sn/c1-4-9-5-7-10(8-6-9)11(2)3;;;;/h5-8H,2-3H3;3*1H3;. The molecule has 0 aliphatic rings. The van der Waals surface area contributed by atoms with Crippen molar-refractivity contribution in [3.8, 4) is 9.86 Å². The third-order valence-electron chi connectivity index (χ3n) is 1.97. The predicted molar refractivity (Wildman–Crippen MR) is 71.0 cm³/mol. The van der Waals surface area contributed by atoms with Crippen molar-refractivity contribution in [1.29, 1.82) is 0 Å². The van der Waals surface area contributed by atoms with Gasteiger partial charge in [0, 0.05) is 0 Å². The van der Waals surface area contributed by atoms with E-state index in [4.69, 9.17) is 0 Å². The van der Waals surface area contributed by atoms with Crippen LogP contribution < -0.4 is 4.90 Å². The van der Waals surface area contributed by atoms with Gasteiger partial charge in [-0.1, -0.05) is 0 Å². The van der Waals surface area contributed by atoms with Gasteiger partial charge in [-0.15, -0.1) is 0 Å². The van der Waals surface area contributed by atoms with E-state index >= 15 is 0 Å². The summed E-state index contributed by atoms with van der Waals surface area (Å²) in [6.07, 6.45) is 0. The topological polar surface area (TPSA) is 3.24 Å². The van der Waals surface area contributed by atoms with E-state index in [0.29, 0.717) is 0 Å². The maximum absolute atomic E-state index is 3.43. The van der Waals surface area contributed by atoms with Crippen molar-refractivity contribution < 1.29 is 0 Å². The first kappa shape index (κ1) is 12.4. The fourth-order valence-corrected chi connectivity index (χ4v) is 2.58. The Hall–Kier alpha value is -0.621. The van der Waals surface area contributed by atoms with E-state index in [-0.39, 0.29) is 0 Å². The zero-order valence-corrected chi connectivity index (χ0v) is 13.1. The molecule has 0 aromatic heterocycles. The van der Waals surface area contributed by atoms with Gasteiger partial charge in [0.2, 0.25) is 0 Å². The van der Waals surface area contributed by atoms with Crippen LogP contribution in [0.3, 0.4) is 0 Å². The van der Waals surface area contributed by atoms with Crippen molar-refractivity contribution in [2.24, 2.45) is 0 Å². The SMILES string of the molecule is CN(C)c1ccc(C#[C][Sn]([CH3])([CH3])[CH3])cc1. The van der Waals surface area contributed by atoms with E-state index in [1.54, 1.807) is 0 Å². The van der Waals surface area contributed by atoms with Crippen LogP contribution in [0.15, 0.2) is 24.3 Å². The first-order valence-electron chi connectivity index (χ1n) is 5.19. The summed E-state index contributed by atoms with van der Waals surface area (Å²) < 4.78 is 3.43. The van der Waals surface area contributed by atoms with E-state index < -0.39 is 18.4 Å². The molecule has 0 amide bonds. The Morgan fingerprint density at radius 1 is 1.00 bits per heavy atom. The van der Waals surface area contributed by atoms with Gasteiger partial charge in [-0.05, 0) is 0 Å².